The highest BCUT2D eigenvalue weighted by Gasteiger charge is 2.18. The Morgan fingerprint density at radius 1 is 1.53 bits per heavy atom. The van der Waals surface area contributed by atoms with Crippen LogP contribution in [0.25, 0.3) is 0 Å². The van der Waals surface area contributed by atoms with Crippen molar-refractivity contribution in [3.05, 3.63) is 0 Å². The number of amides is 1. The van der Waals surface area contributed by atoms with Crippen molar-refractivity contribution in [1.29, 1.82) is 0 Å². The van der Waals surface area contributed by atoms with Crippen LogP contribution in [0.5, 0.6) is 0 Å². The average molecular weight is 210 g/mol. The molecule has 15 heavy (non-hydrogen) atoms. The number of carbonyl (C=O) groups excluding carboxylic acids is 1. The van der Waals surface area contributed by atoms with Crippen LogP contribution in [-0.4, -0.2) is 18.5 Å². The Morgan fingerprint density at radius 2 is 2.20 bits per heavy atom. The smallest absolute Gasteiger partial charge is 0.237 e. The van der Waals surface area contributed by atoms with Gasteiger partial charge >= 0.3 is 0 Å². The maximum absolute atomic E-state index is 11.5. The fourth-order valence-electron chi connectivity index (χ4n) is 1.19. The third-order valence-corrected chi connectivity index (χ3v) is 2.61. The lowest BCUT2D eigenvalue weighted by molar-refractivity contribution is -0.123. The zero-order valence-corrected chi connectivity index (χ0v) is 9.75. The van der Waals surface area contributed by atoms with E-state index in [9.17, 15) is 4.79 Å². The summed E-state index contributed by atoms with van der Waals surface area (Å²) in [5.74, 6) is 2.75. The Morgan fingerprint density at radius 3 is 2.73 bits per heavy atom. The van der Waals surface area contributed by atoms with Crippen molar-refractivity contribution in [1.82, 2.24) is 5.32 Å². The summed E-state index contributed by atoms with van der Waals surface area (Å²) in [6.07, 6.45) is 8.69. The molecule has 0 aliphatic rings. The first-order chi connectivity index (χ1) is 7.13. The molecule has 3 N–H and O–H groups in total. The number of nitrogens with two attached hydrogens (primary N) is 1. The maximum atomic E-state index is 11.5. The van der Waals surface area contributed by atoms with Crippen LogP contribution in [-0.2, 0) is 4.79 Å². The summed E-state index contributed by atoms with van der Waals surface area (Å²) in [6.45, 7) is 4.69. The van der Waals surface area contributed by atoms with Crippen molar-refractivity contribution in [3.8, 4) is 12.3 Å². The minimum absolute atomic E-state index is 0.0509. The molecule has 3 nitrogen and oxygen atoms in total. The van der Waals surface area contributed by atoms with E-state index in [1.165, 1.54) is 0 Å². The van der Waals surface area contributed by atoms with Crippen molar-refractivity contribution in [2.24, 2.45) is 11.7 Å². The fraction of sp³-hybridized carbons (Fsp3) is 0.750. The quantitative estimate of drug-likeness (QED) is 0.491. The van der Waals surface area contributed by atoms with Gasteiger partial charge in [-0.05, 0) is 18.8 Å². The standard InChI is InChI=1S/C12H22N2O/c1-4-6-7-8-9-14-12(15)11(13)10(3)5-2/h1,10-11H,5-9,13H2,2-3H3,(H,14,15). The number of unbranched alkanes of at least 4 members (excludes halogenated alkanes) is 2. The Balaban J connectivity index is 3.61. The summed E-state index contributed by atoms with van der Waals surface area (Å²) in [4.78, 5) is 11.5. The number of terminal acetylenes is 1. The van der Waals surface area contributed by atoms with Gasteiger partial charge in [0.2, 0.25) is 5.91 Å². The summed E-state index contributed by atoms with van der Waals surface area (Å²) in [5, 5.41) is 2.82. The van der Waals surface area contributed by atoms with Crippen LogP contribution in [0.1, 0.15) is 39.5 Å². The second kappa shape index (κ2) is 8.31. The van der Waals surface area contributed by atoms with Gasteiger partial charge in [-0.1, -0.05) is 20.3 Å². The highest BCUT2D eigenvalue weighted by atomic mass is 16.2. The Kier molecular flexibility index (Phi) is 7.75. The predicted octanol–water partition coefficient (Wildman–Crippen LogP) is 1.28. The van der Waals surface area contributed by atoms with Gasteiger partial charge in [0.1, 0.15) is 0 Å². The molecular weight excluding hydrogens is 188 g/mol. The van der Waals surface area contributed by atoms with E-state index in [0.29, 0.717) is 6.54 Å². The highest BCUT2D eigenvalue weighted by Crippen LogP contribution is 2.04. The van der Waals surface area contributed by atoms with Crippen molar-refractivity contribution in [2.45, 2.75) is 45.6 Å². The number of hydrogen-bond donors (Lipinski definition) is 2. The average Bonchev–Trinajstić information content (AvgIpc) is 2.26. The van der Waals surface area contributed by atoms with Crippen LogP contribution < -0.4 is 11.1 Å². The molecule has 0 radical (unpaired) electrons. The molecule has 2 atom stereocenters. The van der Waals surface area contributed by atoms with E-state index >= 15 is 0 Å². The molecule has 0 saturated carbocycles. The lowest BCUT2D eigenvalue weighted by atomic mass is 9.99. The Hall–Kier alpha value is -1.01. The lowest BCUT2D eigenvalue weighted by Gasteiger charge is -2.17. The molecule has 2 unspecified atom stereocenters. The molecule has 0 aliphatic carbocycles. The van der Waals surface area contributed by atoms with Gasteiger partial charge in [0.05, 0.1) is 6.04 Å². The van der Waals surface area contributed by atoms with Crippen molar-refractivity contribution < 1.29 is 4.79 Å². The molecule has 0 bridgehead atoms. The minimum Gasteiger partial charge on any atom is -0.355 e. The van der Waals surface area contributed by atoms with Crippen molar-refractivity contribution in [3.63, 3.8) is 0 Å². The first kappa shape index (κ1) is 14.0. The van der Waals surface area contributed by atoms with Crippen LogP contribution >= 0.6 is 0 Å². The molecule has 0 aromatic carbocycles. The van der Waals surface area contributed by atoms with Crippen LogP contribution in [0.2, 0.25) is 0 Å². The fourth-order valence-corrected chi connectivity index (χ4v) is 1.19. The molecule has 0 saturated heterocycles. The van der Waals surface area contributed by atoms with E-state index in [-0.39, 0.29) is 17.9 Å². The molecule has 0 aliphatic heterocycles. The largest absolute Gasteiger partial charge is 0.355 e. The third-order valence-electron chi connectivity index (χ3n) is 2.61. The second-order valence-corrected chi connectivity index (χ2v) is 3.86. The van der Waals surface area contributed by atoms with Gasteiger partial charge < -0.3 is 11.1 Å². The van der Waals surface area contributed by atoms with E-state index in [2.05, 4.69) is 11.2 Å². The van der Waals surface area contributed by atoms with E-state index in [4.69, 9.17) is 12.2 Å². The maximum Gasteiger partial charge on any atom is 0.237 e. The predicted molar refractivity (Wildman–Crippen MR) is 63.1 cm³/mol. The van der Waals surface area contributed by atoms with Gasteiger partial charge in [-0.25, -0.2) is 0 Å². The molecule has 0 heterocycles. The summed E-state index contributed by atoms with van der Waals surface area (Å²) < 4.78 is 0. The molecule has 0 fully saturated rings. The lowest BCUT2D eigenvalue weighted by Crippen LogP contribution is -2.44. The van der Waals surface area contributed by atoms with E-state index in [1.807, 2.05) is 13.8 Å². The summed E-state index contributed by atoms with van der Waals surface area (Å²) in [6, 6.07) is -0.386. The van der Waals surface area contributed by atoms with E-state index in [1.54, 1.807) is 0 Å². The van der Waals surface area contributed by atoms with Gasteiger partial charge in [0, 0.05) is 13.0 Å². The molecule has 1 amide bonds. The normalized spacial score (nSPS) is 14.0. The van der Waals surface area contributed by atoms with Gasteiger partial charge in [0.15, 0.2) is 0 Å². The first-order valence-corrected chi connectivity index (χ1v) is 5.60. The summed E-state index contributed by atoms with van der Waals surface area (Å²) in [5.41, 5.74) is 5.77. The SMILES string of the molecule is C#CCCCCNC(=O)C(N)C(C)CC. The van der Waals surface area contributed by atoms with E-state index in [0.717, 1.165) is 25.7 Å². The van der Waals surface area contributed by atoms with Crippen molar-refractivity contribution >= 4 is 5.91 Å². The van der Waals surface area contributed by atoms with Crippen LogP contribution in [0.4, 0.5) is 0 Å². The summed E-state index contributed by atoms with van der Waals surface area (Å²) >= 11 is 0. The van der Waals surface area contributed by atoms with Crippen molar-refractivity contribution in [2.75, 3.05) is 6.54 Å². The minimum atomic E-state index is -0.386. The molecular formula is C12H22N2O. The molecule has 0 aromatic rings. The highest BCUT2D eigenvalue weighted by molar-refractivity contribution is 5.81. The van der Waals surface area contributed by atoms with Crippen LogP contribution in [0.15, 0.2) is 0 Å². The van der Waals surface area contributed by atoms with Gasteiger partial charge in [-0.2, -0.15) is 0 Å². The van der Waals surface area contributed by atoms with Crippen LogP contribution in [0, 0.1) is 18.3 Å². The van der Waals surface area contributed by atoms with Gasteiger partial charge in [-0.15, -0.1) is 12.3 Å². The van der Waals surface area contributed by atoms with E-state index < -0.39 is 0 Å². The molecule has 86 valence electrons. The van der Waals surface area contributed by atoms with Crippen LogP contribution in [0.3, 0.4) is 0 Å². The monoisotopic (exact) mass is 210 g/mol. The Bertz CT molecular complexity index is 220. The number of nitrogens with one attached hydrogen (secondary N) is 1. The number of rotatable bonds is 7. The third kappa shape index (κ3) is 6.14. The molecule has 3 heteroatoms. The zero-order valence-electron chi connectivity index (χ0n) is 9.75. The Labute approximate surface area is 92.8 Å². The first-order valence-electron chi connectivity index (χ1n) is 5.60. The molecule has 0 rings (SSSR count). The van der Waals surface area contributed by atoms with Gasteiger partial charge in [-0.3, -0.25) is 4.79 Å². The topological polar surface area (TPSA) is 55.1 Å². The second-order valence-electron chi connectivity index (χ2n) is 3.86. The van der Waals surface area contributed by atoms with Gasteiger partial charge in [0.25, 0.3) is 0 Å². The molecule has 0 aromatic heterocycles. The summed E-state index contributed by atoms with van der Waals surface area (Å²) in [7, 11) is 0. The number of hydrogen-bond acceptors (Lipinski definition) is 2. The molecule has 0 spiro atoms. The number of carbonyl (C=O) groups is 1. The zero-order chi connectivity index (χ0) is 11.7.